The van der Waals surface area contributed by atoms with Crippen molar-refractivity contribution in [1.82, 2.24) is 14.8 Å². The number of amides is 2. The van der Waals surface area contributed by atoms with Crippen LogP contribution >= 0.6 is 0 Å². The lowest BCUT2D eigenvalue weighted by Crippen LogP contribution is -2.39. The van der Waals surface area contributed by atoms with Gasteiger partial charge in [-0.1, -0.05) is 32.0 Å². The monoisotopic (exact) mass is 571 g/mol. The Morgan fingerprint density at radius 3 is 2.33 bits per heavy atom. The molecule has 8 heteroatoms. The fourth-order valence-corrected chi connectivity index (χ4v) is 5.58. The summed E-state index contributed by atoms with van der Waals surface area (Å²) < 4.78 is 5.26. The Balaban J connectivity index is 1.31. The van der Waals surface area contributed by atoms with Crippen LogP contribution in [0.3, 0.4) is 0 Å². The molecule has 224 valence electrons. The highest BCUT2D eigenvalue weighted by atomic mass is 16.5. The van der Waals surface area contributed by atoms with E-state index >= 15 is 0 Å². The lowest BCUT2D eigenvalue weighted by molar-refractivity contribution is 0.0690. The lowest BCUT2D eigenvalue weighted by atomic mass is 9.90. The van der Waals surface area contributed by atoms with Crippen LogP contribution in [-0.2, 0) is 6.42 Å². The molecule has 4 rings (SSSR count). The van der Waals surface area contributed by atoms with Crippen molar-refractivity contribution in [2.45, 2.75) is 40.0 Å². The number of methoxy groups -OCH3 is 1. The minimum absolute atomic E-state index is 0.00248. The first-order valence-corrected chi connectivity index (χ1v) is 14.7. The van der Waals surface area contributed by atoms with Crippen LogP contribution in [0.25, 0.3) is 0 Å². The second-order valence-corrected chi connectivity index (χ2v) is 12.5. The number of aryl methyl sites for hydroxylation is 1. The third-order valence-electron chi connectivity index (χ3n) is 7.84. The Labute approximate surface area is 250 Å². The number of anilines is 2. The molecule has 2 amide bonds. The Hall–Kier alpha value is -3.91. The minimum Gasteiger partial charge on any atom is -0.497 e. The first-order valence-electron chi connectivity index (χ1n) is 14.7. The van der Waals surface area contributed by atoms with Crippen molar-refractivity contribution in [3.8, 4) is 5.75 Å². The molecule has 1 aliphatic rings. The molecule has 1 aromatic heterocycles. The van der Waals surface area contributed by atoms with Gasteiger partial charge in [0, 0.05) is 43.6 Å². The molecule has 0 aliphatic carbocycles. The molecule has 0 bridgehead atoms. The summed E-state index contributed by atoms with van der Waals surface area (Å²) in [5.41, 5.74) is 3.95. The molecule has 3 aromatic rings. The van der Waals surface area contributed by atoms with E-state index < -0.39 is 0 Å². The number of likely N-dealkylation sites (tertiary alicyclic amines) is 1. The van der Waals surface area contributed by atoms with E-state index in [4.69, 9.17) is 4.74 Å². The quantitative estimate of drug-likeness (QED) is 0.305. The third kappa shape index (κ3) is 8.55. The largest absolute Gasteiger partial charge is 0.497 e. The number of hydrogen-bond acceptors (Lipinski definition) is 6. The molecule has 1 aliphatic heterocycles. The van der Waals surface area contributed by atoms with Gasteiger partial charge in [-0.25, -0.2) is 4.98 Å². The van der Waals surface area contributed by atoms with E-state index in [1.807, 2.05) is 42.2 Å². The number of nitrogens with one attached hydrogen (secondary N) is 2. The van der Waals surface area contributed by atoms with Gasteiger partial charge >= 0.3 is 0 Å². The average Bonchev–Trinajstić information content (AvgIpc) is 2.97. The summed E-state index contributed by atoms with van der Waals surface area (Å²) in [6, 6.07) is 17.4. The molecule has 0 saturated carbocycles. The number of piperidine rings is 1. The van der Waals surface area contributed by atoms with Gasteiger partial charge in [-0.15, -0.1) is 0 Å². The summed E-state index contributed by atoms with van der Waals surface area (Å²) in [6.07, 6.45) is 4.53. The Morgan fingerprint density at radius 1 is 1.02 bits per heavy atom. The zero-order chi connectivity index (χ0) is 30.3. The molecule has 2 heterocycles. The molecule has 2 N–H and O–H groups in total. The number of ether oxygens (including phenoxy) is 1. The topological polar surface area (TPSA) is 86.8 Å². The van der Waals surface area contributed by atoms with E-state index in [1.165, 1.54) is 5.56 Å². The number of carbonyl (C=O) groups is 2. The van der Waals surface area contributed by atoms with Crippen molar-refractivity contribution in [2.24, 2.45) is 11.3 Å². The van der Waals surface area contributed by atoms with Crippen LogP contribution in [-0.4, -0.2) is 74.0 Å². The van der Waals surface area contributed by atoms with E-state index in [9.17, 15) is 9.59 Å². The summed E-state index contributed by atoms with van der Waals surface area (Å²) in [7, 11) is 5.81. The fourth-order valence-electron chi connectivity index (χ4n) is 5.58. The van der Waals surface area contributed by atoms with Crippen molar-refractivity contribution < 1.29 is 14.3 Å². The molecule has 0 unspecified atom stereocenters. The van der Waals surface area contributed by atoms with E-state index in [0.717, 1.165) is 62.6 Å². The zero-order valence-corrected chi connectivity index (χ0v) is 25.9. The molecule has 2 aromatic carbocycles. The highest BCUT2D eigenvalue weighted by molar-refractivity contribution is 6.05. The van der Waals surface area contributed by atoms with Gasteiger partial charge in [-0.2, -0.15) is 0 Å². The van der Waals surface area contributed by atoms with Gasteiger partial charge in [0.1, 0.15) is 11.6 Å². The maximum atomic E-state index is 13.4. The number of benzene rings is 2. The Bertz CT molecular complexity index is 1340. The summed E-state index contributed by atoms with van der Waals surface area (Å²) >= 11 is 0. The molecule has 42 heavy (non-hydrogen) atoms. The van der Waals surface area contributed by atoms with Crippen LogP contribution in [0.2, 0.25) is 0 Å². The number of pyridine rings is 1. The lowest BCUT2D eigenvalue weighted by Gasteiger charge is -2.32. The summed E-state index contributed by atoms with van der Waals surface area (Å²) in [5, 5.41) is 6.35. The highest BCUT2D eigenvalue weighted by Gasteiger charge is 2.24. The smallest absolute Gasteiger partial charge is 0.257 e. The van der Waals surface area contributed by atoms with Crippen LogP contribution in [0.5, 0.6) is 5.75 Å². The van der Waals surface area contributed by atoms with Gasteiger partial charge < -0.3 is 25.2 Å². The van der Waals surface area contributed by atoms with Crippen LogP contribution in [0, 0.1) is 18.3 Å². The SMILES string of the molecule is COc1ccc(CC2CCN(C(=O)c3ccc(C)c(NC(=O)c4ccc(NCC(C)(C)CN(C)C)nc4)c3)CC2)cc1. The predicted octanol–water partition coefficient (Wildman–Crippen LogP) is 5.75. The zero-order valence-electron chi connectivity index (χ0n) is 25.9. The third-order valence-corrected chi connectivity index (χ3v) is 7.84. The average molecular weight is 572 g/mol. The Kier molecular flexibility index (Phi) is 10.2. The van der Waals surface area contributed by atoms with E-state index in [0.29, 0.717) is 22.7 Å². The molecular formula is C34H45N5O3. The molecule has 0 spiro atoms. The maximum absolute atomic E-state index is 13.4. The molecule has 1 fully saturated rings. The van der Waals surface area contributed by atoms with Crippen molar-refractivity contribution in [1.29, 1.82) is 0 Å². The first-order chi connectivity index (χ1) is 20.0. The molecule has 8 nitrogen and oxygen atoms in total. The van der Waals surface area contributed by atoms with E-state index in [1.54, 1.807) is 25.4 Å². The van der Waals surface area contributed by atoms with Gasteiger partial charge in [-0.05, 0) is 99.1 Å². The first kappa shape index (κ1) is 31.0. The second kappa shape index (κ2) is 13.8. The molecular weight excluding hydrogens is 526 g/mol. The molecule has 1 saturated heterocycles. The molecule has 0 radical (unpaired) electrons. The highest BCUT2D eigenvalue weighted by Crippen LogP contribution is 2.26. The fraction of sp³-hybridized carbons (Fsp3) is 0.441. The standard InChI is InChI=1S/C34H45N5O3/c1-24-7-10-27(33(41)39-17-15-26(16-18-39)19-25-8-12-29(42-6)13-9-25)20-30(24)37-32(40)28-11-14-31(35-21-28)36-22-34(2,3)23-38(4)5/h7-14,20-21,26H,15-19,22-23H2,1-6H3,(H,35,36)(H,37,40). The van der Waals surface area contributed by atoms with Crippen molar-refractivity contribution >= 4 is 23.3 Å². The second-order valence-electron chi connectivity index (χ2n) is 12.5. The Morgan fingerprint density at radius 2 is 1.71 bits per heavy atom. The van der Waals surface area contributed by atoms with Gasteiger partial charge in [-0.3, -0.25) is 9.59 Å². The number of hydrogen-bond donors (Lipinski definition) is 2. The van der Waals surface area contributed by atoms with Gasteiger partial charge in [0.2, 0.25) is 0 Å². The van der Waals surface area contributed by atoms with Gasteiger partial charge in [0.05, 0.1) is 12.7 Å². The van der Waals surface area contributed by atoms with Crippen LogP contribution < -0.4 is 15.4 Å². The minimum atomic E-state index is -0.256. The maximum Gasteiger partial charge on any atom is 0.257 e. The van der Waals surface area contributed by atoms with Crippen molar-refractivity contribution in [3.05, 3.63) is 83.0 Å². The van der Waals surface area contributed by atoms with Crippen LogP contribution in [0.1, 0.15) is 58.5 Å². The number of rotatable bonds is 11. The number of nitrogens with zero attached hydrogens (tertiary/aromatic N) is 3. The van der Waals surface area contributed by atoms with Crippen molar-refractivity contribution in [2.75, 3.05) is 58.0 Å². The molecule has 0 atom stereocenters. The predicted molar refractivity (Wildman–Crippen MR) is 170 cm³/mol. The summed E-state index contributed by atoms with van der Waals surface area (Å²) in [6.45, 7) is 9.51. The van der Waals surface area contributed by atoms with E-state index in [2.05, 4.69) is 60.6 Å². The van der Waals surface area contributed by atoms with Crippen molar-refractivity contribution in [3.63, 3.8) is 0 Å². The van der Waals surface area contributed by atoms with E-state index in [-0.39, 0.29) is 17.2 Å². The van der Waals surface area contributed by atoms with Crippen LogP contribution in [0.4, 0.5) is 11.5 Å². The summed E-state index contributed by atoms with van der Waals surface area (Å²) in [5.74, 6) is 1.90. The van der Waals surface area contributed by atoms with Crippen LogP contribution in [0.15, 0.2) is 60.8 Å². The number of aromatic nitrogens is 1. The number of carbonyl (C=O) groups excluding carboxylic acids is 2. The normalized spacial score (nSPS) is 14.1. The van der Waals surface area contributed by atoms with Gasteiger partial charge in [0.15, 0.2) is 0 Å². The van der Waals surface area contributed by atoms with Gasteiger partial charge in [0.25, 0.3) is 11.8 Å². The summed E-state index contributed by atoms with van der Waals surface area (Å²) in [4.78, 5) is 34.9.